The molecular formula is C16H15ClN2O5. The van der Waals surface area contributed by atoms with E-state index in [2.05, 4.69) is 5.32 Å². The number of non-ortho nitro benzene ring substituents is 1. The van der Waals surface area contributed by atoms with Crippen molar-refractivity contribution in [2.75, 3.05) is 19.0 Å². The molecule has 0 bridgehead atoms. The van der Waals surface area contributed by atoms with E-state index in [4.69, 9.17) is 21.1 Å². The number of halogens is 1. The molecule has 0 spiro atoms. The third-order valence-corrected chi connectivity index (χ3v) is 3.33. The van der Waals surface area contributed by atoms with Gasteiger partial charge in [0.25, 0.3) is 5.69 Å². The van der Waals surface area contributed by atoms with E-state index in [0.717, 1.165) is 0 Å². The Bertz CT molecular complexity index is 734. The Morgan fingerprint density at radius 3 is 2.58 bits per heavy atom. The van der Waals surface area contributed by atoms with Crippen LogP contribution in [0.1, 0.15) is 6.42 Å². The fourth-order valence-corrected chi connectivity index (χ4v) is 2.04. The third kappa shape index (κ3) is 4.85. The first-order valence-corrected chi connectivity index (χ1v) is 7.38. The van der Waals surface area contributed by atoms with Gasteiger partial charge in [0, 0.05) is 17.2 Å². The molecule has 0 aliphatic rings. The highest BCUT2D eigenvalue weighted by Gasteiger charge is 2.13. The second-order valence-electron chi connectivity index (χ2n) is 4.74. The fourth-order valence-electron chi connectivity index (χ4n) is 1.91. The number of benzene rings is 2. The molecule has 0 heterocycles. The Hall–Kier alpha value is -2.80. The number of nitro benzene ring substituents is 1. The van der Waals surface area contributed by atoms with Gasteiger partial charge in [-0.15, -0.1) is 0 Å². The van der Waals surface area contributed by atoms with Gasteiger partial charge in [0.2, 0.25) is 5.91 Å². The standard InChI is InChI=1S/C16H15ClN2O5/c1-23-15-7-4-12(19(21)22)10-14(15)18-16(20)8-9-24-13-5-2-11(17)3-6-13/h2-7,10H,8-9H2,1H3,(H,18,20). The molecule has 0 aliphatic carbocycles. The molecule has 2 aromatic rings. The van der Waals surface area contributed by atoms with Gasteiger partial charge < -0.3 is 14.8 Å². The first-order chi connectivity index (χ1) is 11.5. The third-order valence-electron chi connectivity index (χ3n) is 3.08. The summed E-state index contributed by atoms with van der Waals surface area (Å²) < 4.78 is 10.5. The molecule has 0 saturated heterocycles. The maximum Gasteiger partial charge on any atom is 0.271 e. The molecule has 2 rings (SSSR count). The number of anilines is 1. The molecular weight excluding hydrogens is 336 g/mol. The van der Waals surface area contributed by atoms with Crippen molar-refractivity contribution in [1.29, 1.82) is 0 Å². The van der Waals surface area contributed by atoms with Gasteiger partial charge in [-0.2, -0.15) is 0 Å². The normalized spacial score (nSPS) is 10.1. The second kappa shape index (κ2) is 8.16. The van der Waals surface area contributed by atoms with E-state index in [9.17, 15) is 14.9 Å². The van der Waals surface area contributed by atoms with Crippen molar-refractivity contribution in [3.05, 3.63) is 57.6 Å². The lowest BCUT2D eigenvalue weighted by molar-refractivity contribution is -0.384. The molecule has 24 heavy (non-hydrogen) atoms. The molecule has 0 radical (unpaired) electrons. The number of nitrogens with one attached hydrogen (secondary N) is 1. The van der Waals surface area contributed by atoms with E-state index in [-0.39, 0.29) is 30.3 Å². The largest absolute Gasteiger partial charge is 0.495 e. The van der Waals surface area contributed by atoms with Gasteiger partial charge in [-0.1, -0.05) is 11.6 Å². The first kappa shape index (κ1) is 17.6. The second-order valence-corrected chi connectivity index (χ2v) is 5.18. The van der Waals surface area contributed by atoms with Crippen LogP contribution < -0.4 is 14.8 Å². The van der Waals surface area contributed by atoms with E-state index < -0.39 is 4.92 Å². The molecule has 0 fully saturated rings. The van der Waals surface area contributed by atoms with Crippen LogP contribution in [-0.4, -0.2) is 24.5 Å². The van der Waals surface area contributed by atoms with Crippen LogP contribution in [0.5, 0.6) is 11.5 Å². The molecule has 126 valence electrons. The van der Waals surface area contributed by atoms with E-state index in [1.807, 2.05) is 0 Å². The predicted octanol–water partition coefficient (Wildman–Crippen LogP) is 3.66. The minimum absolute atomic E-state index is 0.0778. The van der Waals surface area contributed by atoms with Gasteiger partial charge in [0.05, 0.1) is 30.7 Å². The average Bonchev–Trinajstić information content (AvgIpc) is 2.56. The molecule has 1 N–H and O–H groups in total. The summed E-state index contributed by atoms with van der Waals surface area (Å²) in [5, 5.41) is 14.0. The summed E-state index contributed by atoms with van der Waals surface area (Å²) in [6.45, 7) is 0.157. The Kier molecular flexibility index (Phi) is 5.97. The fraction of sp³-hybridized carbons (Fsp3) is 0.188. The van der Waals surface area contributed by atoms with Crippen LogP contribution >= 0.6 is 11.6 Å². The molecule has 0 unspecified atom stereocenters. The number of amides is 1. The van der Waals surface area contributed by atoms with Gasteiger partial charge in [-0.25, -0.2) is 0 Å². The smallest absolute Gasteiger partial charge is 0.271 e. The van der Waals surface area contributed by atoms with Gasteiger partial charge in [0.15, 0.2) is 0 Å². The minimum atomic E-state index is -0.543. The van der Waals surface area contributed by atoms with Crippen LogP contribution in [0.3, 0.4) is 0 Å². The van der Waals surface area contributed by atoms with Crippen LogP contribution in [0.15, 0.2) is 42.5 Å². The van der Waals surface area contributed by atoms with Gasteiger partial charge in [0.1, 0.15) is 11.5 Å². The number of rotatable bonds is 7. The van der Waals surface area contributed by atoms with Crippen molar-refractivity contribution >= 4 is 28.9 Å². The van der Waals surface area contributed by atoms with Crippen molar-refractivity contribution in [2.45, 2.75) is 6.42 Å². The Balaban J connectivity index is 1.93. The Morgan fingerprint density at radius 1 is 1.25 bits per heavy atom. The van der Waals surface area contributed by atoms with E-state index >= 15 is 0 Å². The van der Waals surface area contributed by atoms with Crippen LogP contribution in [-0.2, 0) is 4.79 Å². The topological polar surface area (TPSA) is 90.7 Å². The molecule has 0 aliphatic heterocycles. The number of methoxy groups -OCH3 is 1. The van der Waals surface area contributed by atoms with Crippen LogP contribution in [0, 0.1) is 10.1 Å². The van der Waals surface area contributed by atoms with Crippen molar-refractivity contribution in [2.24, 2.45) is 0 Å². The van der Waals surface area contributed by atoms with Crippen LogP contribution in [0.25, 0.3) is 0 Å². The van der Waals surface area contributed by atoms with Crippen molar-refractivity contribution in [3.8, 4) is 11.5 Å². The number of nitrogens with zero attached hydrogens (tertiary/aromatic N) is 1. The summed E-state index contributed by atoms with van der Waals surface area (Å²) in [6.07, 6.45) is 0.0778. The lowest BCUT2D eigenvalue weighted by Gasteiger charge is -2.10. The zero-order valence-electron chi connectivity index (χ0n) is 12.8. The van der Waals surface area contributed by atoms with Crippen LogP contribution in [0.2, 0.25) is 5.02 Å². The first-order valence-electron chi connectivity index (χ1n) is 7.00. The van der Waals surface area contributed by atoms with Gasteiger partial charge in [-0.3, -0.25) is 14.9 Å². The SMILES string of the molecule is COc1ccc([N+](=O)[O-])cc1NC(=O)CCOc1ccc(Cl)cc1. The van der Waals surface area contributed by atoms with Gasteiger partial charge >= 0.3 is 0 Å². The summed E-state index contributed by atoms with van der Waals surface area (Å²) in [5.41, 5.74) is 0.103. The van der Waals surface area contributed by atoms with E-state index in [1.54, 1.807) is 24.3 Å². The maximum atomic E-state index is 12.0. The number of carbonyl (C=O) groups excluding carboxylic acids is 1. The molecule has 0 saturated carbocycles. The van der Waals surface area contributed by atoms with E-state index in [0.29, 0.717) is 16.5 Å². The van der Waals surface area contributed by atoms with E-state index in [1.165, 1.54) is 25.3 Å². The van der Waals surface area contributed by atoms with Gasteiger partial charge in [-0.05, 0) is 30.3 Å². The van der Waals surface area contributed by atoms with Crippen molar-refractivity contribution < 1.29 is 19.2 Å². The summed E-state index contributed by atoms with van der Waals surface area (Å²) in [7, 11) is 1.42. The number of hydrogen-bond acceptors (Lipinski definition) is 5. The quantitative estimate of drug-likeness (QED) is 0.607. The number of hydrogen-bond donors (Lipinski definition) is 1. The average molecular weight is 351 g/mol. The zero-order chi connectivity index (χ0) is 17.5. The lowest BCUT2D eigenvalue weighted by atomic mass is 10.2. The number of ether oxygens (including phenoxy) is 2. The zero-order valence-corrected chi connectivity index (χ0v) is 13.6. The van der Waals surface area contributed by atoms with Crippen molar-refractivity contribution in [3.63, 3.8) is 0 Å². The minimum Gasteiger partial charge on any atom is -0.495 e. The highest BCUT2D eigenvalue weighted by molar-refractivity contribution is 6.30. The number of carbonyl (C=O) groups is 1. The monoisotopic (exact) mass is 350 g/mol. The maximum absolute atomic E-state index is 12.0. The Labute approximate surface area is 143 Å². The molecule has 0 aromatic heterocycles. The lowest BCUT2D eigenvalue weighted by Crippen LogP contribution is -2.15. The molecule has 8 heteroatoms. The van der Waals surface area contributed by atoms with Crippen LogP contribution in [0.4, 0.5) is 11.4 Å². The Morgan fingerprint density at radius 2 is 1.96 bits per heavy atom. The summed E-state index contributed by atoms with van der Waals surface area (Å²) in [4.78, 5) is 22.2. The highest BCUT2D eigenvalue weighted by atomic mass is 35.5. The molecule has 7 nitrogen and oxygen atoms in total. The highest BCUT2D eigenvalue weighted by Crippen LogP contribution is 2.28. The van der Waals surface area contributed by atoms with Crippen molar-refractivity contribution in [1.82, 2.24) is 0 Å². The molecule has 0 atom stereocenters. The summed E-state index contributed by atoms with van der Waals surface area (Å²) in [5.74, 6) is 0.593. The summed E-state index contributed by atoms with van der Waals surface area (Å²) >= 11 is 5.77. The molecule has 1 amide bonds. The molecule has 2 aromatic carbocycles. The summed E-state index contributed by atoms with van der Waals surface area (Å²) in [6, 6.07) is 10.7. The predicted molar refractivity (Wildman–Crippen MR) is 89.8 cm³/mol. The number of nitro groups is 1.